The van der Waals surface area contributed by atoms with Crippen molar-refractivity contribution in [2.45, 2.75) is 36.0 Å². The average molecular weight is 314 g/mol. The first kappa shape index (κ1) is 14.8. The molecule has 0 saturated heterocycles. The Bertz CT molecular complexity index is 542. The van der Waals surface area contributed by atoms with Gasteiger partial charge in [0.25, 0.3) is 0 Å². The molecule has 1 heterocycles. The second-order valence-electron chi connectivity index (χ2n) is 4.12. The fourth-order valence-electron chi connectivity index (χ4n) is 1.60. The zero-order valence-corrected chi connectivity index (χ0v) is 13.3. The molecule has 0 atom stereocenters. The van der Waals surface area contributed by atoms with Crippen LogP contribution in [-0.2, 0) is 6.54 Å². The van der Waals surface area contributed by atoms with E-state index < -0.39 is 0 Å². The zero-order chi connectivity index (χ0) is 13.7. The Hall–Kier alpha value is -0.620. The van der Waals surface area contributed by atoms with Crippen molar-refractivity contribution in [3.8, 4) is 0 Å². The summed E-state index contributed by atoms with van der Waals surface area (Å²) in [5.74, 6) is 0. The van der Waals surface area contributed by atoms with Gasteiger partial charge in [0.05, 0.1) is 0 Å². The normalized spacial score (nSPS) is 10.9. The predicted octanol–water partition coefficient (Wildman–Crippen LogP) is 4.15. The van der Waals surface area contributed by atoms with Gasteiger partial charge in [-0.2, -0.15) is 0 Å². The fourth-order valence-corrected chi connectivity index (χ4v) is 3.68. The molecule has 1 N–H and O–H groups in total. The molecule has 3 nitrogen and oxygen atoms in total. The monoisotopic (exact) mass is 313 g/mol. The highest BCUT2D eigenvalue weighted by Gasteiger charge is 2.08. The topological polar surface area (TPSA) is 37.8 Å². The van der Waals surface area contributed by atoms with E-state index in [0.29, 0.717) is 0 Å². The lowest BCUT2D eigenvalue weighted by Gasteiger charge is -2.09. The molecular formula is C13H16ClN3S2. The maximum Gasteiger partial charge on any atom is 0.179 e. The van der Waals surface area contributed by atoms with Crippen LogP contribution in [0.15, 0.2) is 27.4 Å². The minimum atomic E-state index is 0.770. The van der Waals surface area contributed by atoms with Crippen molar-refractivity contribution in [2.75, 3.05) is 6.54 Å². The maximum atomic E-state index is 6.07. The van der Waals surface area contributed by atoms with Crippen LogP contribution in [0.3, 0.4) is 0 Å². The molecule has 0 aliphatic carbocycles. The van der Waals surface area contributed by atoms with Gasteiger partial charge in [-0.3, -0.25) is 0 Å². The van der Waals surface area contributed by atoms with Crippen molar-refractivity contribution in [1.29, 1.82) is 0 Å². The van der Waals surface area contributed by atoms with Gasteiger partial charge in [0.1, 0.15) is 5.01 Å². The van der Waals surface area contributed by atoms with Gasteiger partial charge in [0.15, 0.2) is 4.34 Å². The molecule has 1 aromatic heterocycles. The Labute approximate surface area is 126 Å². The Morgan fingerprint density at radius 3 is 2.89 bits per heavy atom. The average Bonchev–Trinajstić information content (AvgIpc) is 2.78. The summed E-state index contributed by atoms with van der Waals surface area (Å²) in [5, 5.41) is 13.4. The lowest BCUT2D eigenvalue weighted by atomic mass is 10.2. The smallest absolute Gasteiger partial charge is 0.179 e. The van der Waals surface area contributed by atoms with E-state index in [2.05, 4.69) is 22.4 Å². The highest BCUT2D eigenvalue weighted by atomic mass is 35.5. The van der Waals surface area contributed by atoms with Gasteiger partial charge in [0, 0.05) is 16.5 Å². The Kier molecular flexibility index (Phi) is 5.63. The van der Waals surface area contributed by atoms with Crippen LogP contribution in [0.1, 0.15) is 23.9 Å². The minimum absolute atomic E-state index is 0.770. The van der Waals surface area contributed by atoms with Crippen LogP contribution >= 0.6 is 34.7 Å². The van der Waals surface area contributed by atoms with E-state index in [4.69, 9.17) is 11.6 Å². The molecule has 19 heavy (non-hydrogen) atoms. The standard InChI is InChI=1S/C13H16ClN3S2/c1-3-6-15-8-10-7-11(14)4-5-12(10)19-13-17-16-9(2)18-13/h4-5,7,15H,3,6,8H2,1-2H3. The van der Waals surface area contributed by atoms with Crippen LogP contribution in [0, 0.1) is 6.92 Å². The molecule has 2 rings (SSSR count). The summed E-state index contributed by atoms with van der Waals surface area (Å²) in [6.07, 6.45) is 1.12. The number of halogens is 1. The Morgan fingerprint density at radius 1 is 1.37 bits per heavy atom. The van der Waals surface area contributed by atoms with Crippen LogP contribution in [-0.4, -0.2) is 16.7 Å². The summed E-state index contributed by atoms with van der Waals surface area (Å²) in [7, 11) is 0. The third-order valence-corrected chi connectivity index (χ3v) is 4.71. The van der Waals surface area contributed by atoms with Crippen molar-refractivity contribution >= 4 is 34.7 Å². The second-order valence-corrected chi connectivity index (χ2v) is 7.03. The SMILES string of the molecule is CCCNCc1cc(Cl)ccc1Sc1nnc(C)s1. The Balaban J connectivity index is 2.14. The minimum Gasteiger partial charge on any atom is -0.313 e. The van der Waals surface area contributed by atoms with Gasteiger partial charge >= 0.3 is 0 Å². The first-order valence-corrected chi connectivity index (χ1v) is 8.17. The number of nitrogens with zero attached hydrogens (tertiary/aromatic N) is 2. The molecule has 0 amide bonds. The zero-order valence-electron chi connectivity index (χ0n) is 10.9. The third-order valence-electron chi connectivity index (χ3n) is 2.47. The largest absolute Gasteiger partial charge is 0.313 e. The van der Waals surface area contributed by atoms with E-state index in [1.807, 2.05) is 25.1 Å². The van der Waals surface area contributed by atoms with Gasteiger partial charge in [-0.15, -0.1) is 10.2 Å². The summed E-state index contributed by atoms with van der Waals surface area (Å²) in [4.78, 5) is 1.18. The van der Waals surface area contributed by atoms with Crippen LogP contribution < -0.4 is 5.32 Å². The molecule has 0 aliphatic rings. The van der Waals surface area contributed by atoms with Crippen LogP contribution in [0.25, 0.3) is 0 Å². The molecular weight excluding hydrogens is 298 g/mol. The Morgan fingerprint density at radius 2 is 2.21 bits per heavy atom. The van der Waals surface area contributed by atoms with E-state index in [1.165, 1.54) is 10.5 Å². The molecule has 0 saturated carbocycles. The van der Waals surface area contributed by atoms with Gasteiger partial charge in [-0.1, -0.05) is 41.6 Å². The van der Waals surface area contributed by atoms with E-state index in [9.17, 15) is 0 Å². The van der Waals surface area contributed by atoms with Crippen LogP contribution in [0.5, 0.6) is 0 Å². The lowest BCUT2D eigenvalue weighted by Crippen LogP contribution is -2.14. The summed E-state index contributed by atoms with van der Waals surface area (Å²) in [6, 6.07) is 5.98. The van der Waals surface area contributed by atoms with Gasteiger partial charge < -0.3 is 5.32 Å². The summed E-state index contributed by atoms with van der Waals surface area (Å²) in [6.45, 7) is 5.96. The van der Waals surface area contributed by atoms with Crippen LogP contribution in [0.4, 0.5) is 0 Å². The lowest BCUT2D eigenvalue weighted by molar-refractivity contribution is 0.669. The maximum absolute atomic E-state index is 6.07. The number of hydrogen-bond donors (Lipinski definition) is 1. The number of nitrogens with one attached hydrogen (secondary N) is 1. The van der Waals surface area contributed by atoms with Crippen LogP contribution in [0.2, 0.25) is 5.02 Å². The molecule has 0 bridgehead atoms. The number of aromatic nitrogens is 2. The quantitative estimate of drug-likeness (QED) is 0.813. The van der Waals surface area contributed by atoms with E-state index in [1.54, 1.807) is 23.1 Å². The van der Waals surface area contributed by atoms with Crippen molar-refractivity contribution in [1.82, 2.24) is 15.5 Å². The second kappa shape index (κ2) is 7.24. The first-order valence-electron chi connectivity index (χ1n) is 6.16. The number of benzene rings is 1. The van der Waals surface area contributed by atoms with Gasteiger partial charge in [0.2, 0.25) is 0 Å². The molecule has 1 aromatic carbocycles. The molecule has 0 unspecified atom stereocenters. The molecule has 2 aromatic rings. The van der Waals surface area contributed by atoms with Gasteiger partial charge in [-0.05, 0) is 43.7 Å². The summed E-state index contributed by atoms with van der Waals surface area (Å²) >= 11 is 9.33. The highest BCUT2D eigenvalue weighted by molar-refractivity contribution is 8.01. The van der Waals surface area contributed by atoms with Crippen molar-refractivity contribution in [3.05, 3.63) is 33.8 Å². The first-order chi connectivity index (χ1) is 9.19. The summed E-state index contributed by atoms with van der Waals surface area (Å²) in [5.41, 5.74) is 1.21. The number of hydrogen-bond acceptors (Lipinski definition) is 5. The molecule has 0 aliphatic heterocycles. The molecule has 0 fully saturated rings. The van der Waals surface area contributed by atoms with Crippen molar-refractivity contribution in [2.24, 2.45) is 0 Å². The summed E-state index contributed by atoms with van der Waals surface area (Å²) < 4.78 is 0.969. The third kappa shape index (κ3) is 4.45. The molecule has 6 heteroatoms. The van der Waals surface area contributed by atoms with Crippen molar-refractivity contribution in [3.63, 3.8) is 0 Å². The molecule has 102 valence electrons. The van der Waals surface area contributed by atoms with E-state index >= 15 is 0 Å². The van der Waals surface area contributed by atoms with Crippen molar-refractivity contribution < 1.29 is 0 Å². The fraction of sp³-hybridized carbons (Fsp3) is 0.385. The molecule has 0 radical (unpaired) electrons. The number of aryl methyl sites for hydroxylation is 1. The number of rotatable bonds is 6. The molecule has 0 spiro atoms. The van der Waals surface area contributed by atoms with E-state index in [-0.39, 0.29) is 0 Å². The highest BCUT2D eigenvalue weighted by Crippen LogP contribution is 2.33. The van der Waals surface area contributed by atoms with E-state index in [0.717, 1.165) is 33.9 Å². The predicted molar refractivity (Wildman–Crippen MR) is 82.2 cm³/mol. The van der Waals surface area contributed by atoms with Gasteiger partial charge in [-0.25, -0.2) is 0 Å².